The topological polar surface area (TPSA) is 32.3 Å². The lowest BCUT2D eigenvalue weighted by Gasteiger charge is -2.41. The number of likely N-dealkylation sites (tertiary alicyclic amines) is 1. The summed E-state index contributed by atoms with van der Waals surface area (Å²) in [4.78, 5) is 14.9. The summed E-state index contributed by atoms with van der Waals surface area (Å²) in [6, 6.07) is 11.2. The number of nitrogens with zero attached hydrogens (tertiary/aromatic N) is 1. The van der Waals surface area contributed by atoms with Crippen LogP contribution < -0.4 is 5.32 Å². The van der Waals surface area contributed by atoms with Gasteiger partial charge in [-0.15, -0.1) is 0 Å². The molecule has 3 nitrogen and oxygen atoms in total. The molecule has 2 fully saturated rings. The van der Waals surface area contributed by atoms with E-state index in [1.807, 2.05) is 0 Å². The Morgan fingerprint density at radius 3 is 2.55 bits per heavy atom. The van der Waals surface area contributed by atoms with E-state index in [0.29, 0.717) is 11.9 Å². The van der Waals surface area contributed by atoms with Crippen molar-refractivity contribution in [1.29, 1.82) is 0 Å². The molecule has 2 aliphatic heterocycles. The first kappa shape index (κ1) is 15.5. The van der Waals surface area contributed by atoms with Gasteiger partial charge in [-0.25, -0.2) is 0 Å². The van der Waals surface area contributed by atoms with Crippen molar-refractivity contribution in [3.8, 4) is 0 Å². The van der Waals surface area contributed by atoms with Gasteiger partial charge < -0.3 is 10.2 Å². The van der Waals surface area contributed by atoms with Gasteiger partial charge in [0, 0.05) is 25.0 Å². The maximum atomic E-state index is 12.7. The zero-order chi connectivity index (χ0) is 15.6. The van der Waals surface area contributed by atoms with E-state index in [9.17, 15) is 4.79 Å². The van der Waals surface area contributed by atoms with Crippen molar-refractivity contribution in [2.24, 2.45) is 5.92 Å². The zero-order valence-electron chi connectivity index (χ0n) is 13.8. The van der Waals surface area contributed by atoms with E-state index < -0.39 is 0 Å². The van der Waals surface area contributed by atoms with E-state index in [-0.39, 0.29) is 11.3 Å². The third-order valence-corrected chi connectivity index (χ3v) is 5.62. The molecule has 0 radical (unpaired) electrons. The molecule has 0 spiro atoms. The molecule has 2 atom stereocenters. The van der Waals surface area contributed by atoms with Crippen LogP contribution in [-0.4, -0.2) is 36.5 Å². The van der Waals surface area contributed by atoms with E-state index in [4.69, 9.17) is 0 Å². The predicted octanol–water partition coefficient (Wildman–Crippen LogP) is 2.95. The molecular weight excluding hydrogens is 272 g/mol. The summed E-state index contributed by atoms with van der Waals surface area (Å²) in [6.45, 7) is 7.32. The smallest absolute Gasteiger partial charge is 0.225 e. The highest BCUT2D eigenvalue weighted by Gasteiger charge is 2.35. The van der Waals surface area contributed by atoms with Crippen molar-refractivity contribution in [2.75, 3.05) is 19.6 Å². The fraction of sp³-hybridized carbons (Fsp3) is 0.632. The lowest BCUT2D eigenvalue weighted by molar-refractivity contribution is -0.138. The van der Waals surface area contributed by atoms with E-state index in [0.717, 1.165) is 45.3 Å². The van der Waals surface area contributed by atoms with Crippen molar-refractivity contribution in [3.63, 3.8) is 0 Å². The van der Waals surface area contributed by atoms with Gasteiger partial charge in [0.05, 0.1) is 0 Å². The first-order chi connectivity index (χ1) is 10.6. The molecule has 3 heteroatoms. The third kappa shape index (κ3) is 3.19. The maximum absolute atomic E-state index is 12.7. The molecule has 1 aromatic rings. The monoisotopic (exact) mass is 300 g/mol. The fourth-order valence-electron chi connectivity index (χ4n) is 3.96. The highest BCUT2D eigenvalue weighted by molar-refractivity contribution is 5.79. The Morgan fingerprint density at radius 2 is 1.91 bits per heavy atom. The standard InChI is InChI=1S/C19H28N2O/c1-15-14-16(8-11-20-15)18(22)21-12-9-19(2,10-13-21)17-6-4-3-5-7-17/h3-7,15-16,20H,8-14H2,1-2H3/t15-,16-/m0/s1. The van der Waals surface area contributed by atoms with Crippen molar-refractivity contribution in [3.05, 3.63) is 35.9 Å². The van der Waals surface area contributed by atoms with Crippen LogP contribution in [0.15, 0.2) is 30.3 Å². The summed E-state index contributed by atoms with van der Waals surface area (Å²) in [7, 11) is 0. The van der Waals surface area contributed by atoms with Gasteiger partial charge in [-0.2, -0.15) is 0 Å². The number of carbonyl (C=O) groups excluding carboxylic acids is 1. The highest BCUT2D eigenvalue weighted by Crippen LogP contribution is 2.35. The van der Waals surface area contributed by atoms with Crippen LogP contribution in [0.2, 0.25) is 0 Å². The zero-order valence-corrected chi connectivity index (χ0v) is 13.8. The number of nitrogens with one attached hydrogen (secondary N) is 1. The Labute approximate surface area is 134 Å². The number of rotatable bonds is 2. The third-order valence-electron chi connectivity index (χ3n) is 5.62. The van der Waals surface area contributed by atoms with Gasteiger partial charge in [-0.1, -0.05) is 37.3 Å². The van der Waals surface area contributed by atoms with Gasteiger partial charge in [-0.05, 0) is 50.1 Å². The van der Waals surface area contributed by atoms with Crippen LogP contribution in [-0.2, 0) is 10.2 Å². The van der Waals surface area contributed by atoms with Gasteiger partial charge in [0.2, 0.25) is 5.91 Å². The van der Waals surface area contributed by atoms with Crippen LogP contribution in [0.1, 0.15) is 45.1 Å². The molecule has 0 bridgehead atoms. The van der Waals surface area contributed by atoms with Gasteiger partial charge >= 0.3 is 0 Å². The SMILES string of the molecule is C[C@H]1C[C@@H](C(=O)N2CCC(C)(c3ccccc3)CC2)CCN1. The normalized spacial score (nSPS) is 28.4. The Morgan fingerprint density at radius 1 is 1.23 bits per heavy atom. The van der Waals surface area contributed by atoms with Crippen molar-refractivity contribution >= 4 is 5.91 Å². The van der Waals surface area contributed by atoms with Crippen LogP contribution in [0.3, 0.4) is 0 Å². The van der Waals surface area contributed by atoms with E-state index in [1.54, 1.807) is 0 Å². The quantitative estimate of drug-likeness (QED) is 0.911. The molecule has 2 heterocycles. The lowest BCUT2D eigenvalue weighted by Crippen LogP contribution is -2.48. The molecule has 2 saturated heterocycles. The Kier molecular flexibility index (Phi) is 4.53. The van der Waals surface area contributed by atoms with E-state index in [1.165, 1.54) is 5.56 Å². The molecule has 1 N–H and O–H groups in total. The Hall–Kier alpha value is -1.35. The predicted molar refractivity (Wildman–Crippen MR) is 89.8 cm³/mol. The lowest BCUT2D eigenvalue weighted by atomic mass is 9.74. The molecule has 0 unspecified atom stereocenters. The molecule has 3 rings (SSSR count). The molecular formula is C19H28N2O. The van der Waals surface area contributed by atoms with Crippen LogP contribution in [0.4, 0.5) is 0 Å². The van der Waals surface area contributed by atoms with Crippen LogP contribution in [0.25, 0.3) is 0 Å². The summed E-state index contributed by atoms with van der Waals surface area (Å²) < 4.78 is 0. The molecule has 0 aliphatic carbocycles. The number of hydrogen-bond acceptors (Lipinski definition) is 2. The second kappa shape index (κ2) is 6.41. The number of hydrogen-bond donors (Lipinski definition) is 1. The molecule has 2 aliphatic rings. The van der Waals surface area contributed by atoms with Crippen LogP contribution in [0, 0.1) is 5.92 Å². The van der Waals surface area contributed by atoms with Gasteiger partial charge in [0.25, 0.3) is 0 Å². The molecule has 1 aromatic carbocycles. The van der Waals surface area contributed by atoms with E-state index in [2.05, 4.69) is 54.4 Å². The van der Waals surface area contributed by atoms with Crippen LogP contribution >= 0.6 is 0 Å². The first-order valence-corrected chi connectivity index (χ1v) is 8.66. The average molecular weight is 300 g/mol. The number of carbonyl (C=O) groups is 1. The number of benzene rings is 1. The summed E-state index contributed by atoms with van der Waals surface area (Å²) in [5, 5.41) is 3.43. The molecule has 1 amide bonds. The highest BCUT2D eigenvalue weighted by atomic mass is 16.2. The fourth-order valence-corrected chi connectivity index (χ4v) is 3.96. The minimum absolute atomic E-state index is 0.222. The second-order valence-electron chi connectivity index (χ2n) is 7.33. The first-order valence-electron chi connectivity index (χ1n) is 8.66. The van der Waals surface area contributed by atoms with Crippen molar-refractivity contribution < 1.29 is 4.79 Å². The summed E-state index contributed by atoms with van der Waals surface area (Å²) >= 11 is 0. The largest absolute Gasteiger partial charge is 0.342 e. The van der Waals surface area contributed by atoms with Crippen molar-refractivity contribution in [1.82, 2.24) is 10.2 Å². The van der Waals surface area contributed by atoms with Gasteiger partial charge in [0.15, 0.2) is 0 Å². The summed E-state index contributed by atoms with van der Waals surface area (Å²) in [5.41, 5.74) is 1.64. The van der Waals surface area contributed by atoms with E-state index >= 15 is 0 Å². The minimum Gasteiger partial charge on any atom is -0.342 e. The maximum Gasteiger partial charge on any atom is 0.225 e. The van der Waals surface area contributed by atoms with Gasteiger partial charge in [-0.3, -0.25) is 4.79 Å². The Balaban J connectivity index is 1.60. The molecule has 0 aromatic heterocycles. The summed E-state index contributed by atoms with van der Waals surface area (Å²) in [6.07, 6.45) is 4.13. The summed E-state index contributed by atoms with van der Waals surface area (Å²) in [5.74, 6) is 0.626. The minimum atomic E-state index is 0.222. The van der Waals surface area contributed by atoms with Gasteiger partial charge in [0.1, 0.15) is 0 Å². The van der Waals surface area contributed by atoms with Crippen molar-refractivity contribution in [2.45, 2.75) is 51.0 Å². The Bertz CT molecular complexity index is 505. The molecule has 120 valence electrons. The second-order valence-corrected chi connectivity index (χ2v) is 7.33. The molecule has 0 saturated carbocycles. The average Bonchev–Trinajstić information content (AvgIpc) is 2.56. The van der Waals surface area contributed by atoms with Crippen LogP contribution in [0.5, 0.6) is 0 Å². The number of amides is 1. The molecule has 22 heavy (non-hydrogen) atoms. The number of piperidine rings is 2.